The van der Waals surface area contributed by atoms with Gasteiger partial charge in [0.2, 0.25) is 0 Å². The molecule has 5 heteroatoms. The Bertz CT molecular complexity index is 500. The number of nitrogens with zero attached hydrogens (tertiary/aromatic N) is 2. The molecule has 0 atom stereocenters. The lowest BCUT2D eigenvalue weighted by molar-refractivity contribution is 0.311. The number of nitrogens with one attached hydrogen (secondary N) is 1. The monoisotopic (exact) mass is 262 g/mol. The normalized spacial score (nSPS) is 22.2. The number of rotatable bonds is 4. The first-order valence-electron chi connectivity index (χ1n) is 7.28. The van der Waals surface area contributed by atoms with Gasteiger partial charge in [0.15, 0.2) is 5.82 Å². The molecule has 0 spiro atoms. The van der Waals surface area contributed by atoms with Gasteiger partial charge in [0, 0.05) is 30.5 Å². The van der Waals surface area contributed by atoms with Crippen LogP contribution in [0.25, 0.3) is 0 Å². The fraction of sp³-hybridized carbons (Fsp3) is 0.714. The predicted octanol–water partition coefficient (Wildman–Crippen LogP) is 1.65. The van der Waals surface area contributed by atoms with Crippen LogP contribution in [-0.2, 0) is 0 Å². The number of aromatic nitrogens is 2. The highest BCUT2D eigenvalue weighted by Crippen LogP contribution is 2.33. The molecule has 3 N–H and O–H groups in total. The summed E-state index contributed by atoms with van der Waals surface area (Å²) in [5.74, 6) is 0.449. The lowest BCUT2D eigenvalue weighted by atomic mass is 9.82. The van der Waals surface area contributed by atoms with Crippen molar-refractivity contribution in [3.8, 4) is 0 Å². The van der Waals surface area contributed by atoms with Gasteiger partial charge in [-0.3, -0.25) is 4.79 Å². The molecule has 0 radical (unpaired) electrons. The zero-order valence-corrected chi connectivity index (χ0v) is 11.3. The van der Waals surface area contributed by atoms with E-state index in [0.717, 1.165) is 25.7 Å². The number of hydrogen-bond acceptors (Lipinski definition) is 4. The van der Waals surface area contributed by atoms with Gasteiger partial charge in [-0.05, 0) is 25.7 Å². The molecule has 0 saturated heterocycles. The molecule has 2 aliphatic rings. The Balaban J connectivity index is 1.69. The van der Waals surface area contributed by atoms with E-state index in [2.05, 4.69) is 10.3 Å². The Morgan fingerprint density at radius 2 is 2.11 bits per heavy atom. The summed E-state index contributed by atoms with van der Waals surface area (Å²) < 4.78 is 1.79. The van der Waals surface area contributed by atoms with Crippen LogP contribution in [0, 0.1) is 0 Å². The molecular formula is C14H22N4O. The minimum Gasteiger partial charge on any atom is -0.364 e. The summed E-state index contributed by atoms with van der Waals surface area (Å²) in [5.41, 5.74) is 6.18. The molecule has 0 aromatic carbocycles. The van der Waals surface area contributed by atoms with Crippen LogP contribution in [0.5, 0.6) is 0 Å². The standard InChI is InChI=1S/C14H22N4O/c15-14(6-2-1-3-7-14)10-17-12-13(19)18(9-8-16-12)11-4-5-11/h8-9,11H,1-7,10,15H2,(H,16,17). The van der Waals surface area contributed by atoms with Gasteiger partial charge in [0.25, 0.3) is 5.56 Å². The molecule has 104 valence electrons. The summed E-state index contributed by atoms with van der Waals surface area (Å²) in [7, 11) is 0. The van der Waals surface area contributed by atoms with E-state index in [1.54, 1.807) is 17.0 Å². The first-order valence-corrected chi connectivity index (χ1v) is 7.28. The fourth-order valence-corrected chi connectivity index (χ4v) is 2.88. The van der Waals surface area contributed by atoms with Crippen molar-refractivity contribution in [2.45, 2.75) is 56.5 Å². The molecule has 19 heavy (non-hydrogen) atoms. The van der Waals surface area contributed by atoms with Crippen LogP contribution in [0.4, 0.5) is 5.82 Å². The molecule has 0 amide bonds. The van der Waals surface area contributed by atoms with E-state index in [4.69, 9.17) is 5.73 Å². The first-order chi connectivity index (χ1) is 9.18. The second kappa shape index (κ2) is 4.96. The summed E-state index contributed by atoms with van der Waals surface area (Å²) in [6.07, 6.45) is 11.4. The van der Waals surface area contributed by atoms with Gasteiger partial charge < -0.3 is 15.6 Å². The van der Waals surface area contributed by atoms with Crippen LogP contribution < -0.4 is 16.6 Å². The lowest BCUT2D eigenvalue weighted by Crippen LogP contribution is -2.48. The van der Waals surface area contributed by atoms with Crippen LogP contribution in [0.3, 0.4) is 0 Å². The minimum absolute atomic E-state index is 0.00981. The van der Waals surface area contributed by atoms with Crippen molar-refractivity contribution in [2.24, 2.45) is 5.73 Å². The Hall–Kier alpha value is -1.36. The third-order valence-electron chi connectivity index (χ3n) is 4.27. The van der Waals surface area contributed by atoms with E-state index in [9.17, 15) is 4.79 Å². The highest BCUT2D eigenvalue weighted by molar-refractivity contribution is 5.32. The number of anilines is 1. The topological polar surface area (TPSA) is 72.9 Å². The van der Waals surface area contributed by atoms with Crippen LogP contribution in [0.15, 0.2) is 17.2 Å². The molecule has 0 unspecified atom stereocenters. The average Bonchev–Trinajstić information content (AvgIpc) is 3.23. The SMILES string of the molecule is NC1(CNc2nccn(C3CC3)c2=O)CCCCC1. The maximum Gasteiger partial charge on any atom is 0.293 e. The van der Waals surface area contributed by atoms with Crippen LogP contribution in [0.1, 0.15) is 51.0 Å². The van der Waals surface area contributed by atoms with Crippen LogP contribution in [0.2, 0.25) is 0 Å². The van der Waals surface area contributed by atoms with E-state index in [0.29, 0.717) is 18.4 Å². The van der Waals surface area contributed by atoms with Crippen molar-refractivity contribution in [2.75, 3.05) is 11.9 Å². The largest absolute Gasteiger partial charge is 0.364 e. The van der Waals surface area contributed by atoms with Crippen molar-refractivity contribution in [1.29, 1.82) is 0 Å². The summed E-state index contributed by atoms with van der Waals surface area (Å²) >= 11 is 0. The van der Waals surface area contributed by atoms with Gasteiger partial charge in [-0.1, -0.05) is 19.3 Å². The van der Waals surface area contributed by atoms with E-state index >= 15 is 0 Å². The van der Waals surface area contributed by atoms with Crippen molar-refractivity contribution in [3.63, 3.8) is 0 Å². The van der Waals surface area contributed by atoms with Gasteiger partial charge >= 0.3 is 0 Å². The minimum atomic E-state index is -0.174. The molecule has 0 aliphatic heterocycles. The molecule has 3 rings (SSSR count). The summed E-state index contributed by atoms with van der Waals surface area (Å²) in [5, 5.41) is 3.18. The Morgan fingerprint density at radius 3 is 2.79 bits per heavy atom. The van der Waals surface area contributed by atoms with Crippen molar-refractivity contribution in [1.82, 2.24) is 9.55 Å². The highest BCUT2D eigenvalue weighted by Gasteiger charge is 2.28. The Kier molecular flexibility index (Phi) is 3.31. The maximum absolute atomic E-state index is 12.2. The third kappa shape index (κ3) is 2.81. The molecule has 2 saturated carbocycles. The van der Waals surface area contributed by atoms with Crippen molar-refractivity contribution in [3.05, 3.63) is 22.7 Å². The molecule has 2 fully saturated rings. The molecule has 2 aliphatic carbocycles. The van der Waals surface area contributed by atoms with E-state index in [1.807, 2.05) is 0 Å². The maximum atomic E-state index is 12.2. The molecule has 1 aromatic rings. The van der Waals surface area contributed by atoms with E-state index in [1.165, 1.54) is 19.3 Å². The highest BCUT2D eigenvalue weighted by atomic mass is 16.1. The number of hydrogen-bond donors (Lipinski definition) is 2. The second-order valence-corrected chi connectivity index (χ2v) is 6.00. The fourth-order valence-electron chi connectivity index (χ4n) is 2.88. The van der Waals surface area contributed by atoms with Gasteiger partial charge in [-0.2, -0.15) is 0 Å². The molecule has 1 heterocycles. The zero-order chi connectivity index (χ0) is 13.3. The second-order valence-electron chi connectivity index (χ2n) is 6.00. The zero-order valence-electron chi connectivity index (χ0n) is 11.3. The third-order valence-corrected chi connectivity index (χ3v) is 4.27. The number of nitrogens with two attached hydrogens (primary N) is 1. The quantitative estimate of drug-likeness (QED) is 0.865. The van der Waals surface area contributed by atoms with E-state index in [-0.39, 0.29) is 11.1 Å². The van der Waals surface area contributed by atoms with Gasteiger partial charge in [-0.25, -0.2) is 4.98 Å². The molecular weight excluding hydrogens is 240 g/mol. The van der Waals surface area contributed by atoms with Crippen LogP contribution >= 0.6 is 0 Å². The smallest absolute Gasteiger partial charge is 0.293 e. The van der Waals surface area contributed by atoms with Crippen LogP contribution in [-0.4, -0.2) is 21.6 Å². The van der Waals surface area contributed by atoms with Gasteiger partial charge in [0.1, 0.15) is 0 Å². The van der Waals surface area contributed by atoms with Gasteiger partial charge in [-0.15, -0.1) is 0 Å². The summed E-state index contributed by atoms with van der Waals surface area (Å²) in [6, 6.07) is 0.387. The average molecular weight is 262 g/mol. The first kappa shape index (κ1) is 12.7. The Labute approximate surface area is 113 Å². The molecule has 1 aromatic heterocycles. The summed E-state index contributed by atoms with van der Waals surface area (Å²) in [6.45, 7) is 0.643. The summed E-state index contributed by atoms with van der Waals surface area (Å²) in [4.78, 5) is 16.4. The van der Waals surface area contributed by atoms with Crippen molar-refractivity contribution >= 4 is 5.82 Å². The molecule has 5 nitrogen and oxygen atoms in total. The lowest BCUT2D eigenvalue weighted by Gasteiger charge is -2.33. The predicted molar refractivity (Wildman–Crippen MR) is 75.3 cm³/mol. The molecule has 0 bridgehead atoms. The van der Waals surface area contributed by atoms with Crippen molar-refractivity contribution < 1.29 is 0 Å². The van der Waals surface area contributed by atoms with E-state index < -0.39 is 0 Å². The van der Waals surface area contributed by atoms with Gasteiger partial charge in [0.05, 0.1) is 0 Å². The Morgan fingerprint density at radius 1 is 1.37 bits per heavy atom.